The SMILES string of the molecule is C=CCc1cc(/C=C2\SC(=Nc3ccc(N4CCOCC4)cc3)N(C)C2=O)cc(OC)c1O. The summed E-state index contributed by atoms with van der Waals surface area (Å²) in [6.45, 7) is 6.98. The topological polar surface area (TPSA) is 74.6 Å². The van der Waals surface area contributed by atoms with Crippen molar-refractivity contribution < 1.29 is 19.4 Å². The molecule has 4 rings (SSSR count). The van der Waals surface area contributed by atoms with Crippen molar-refractivity contribution in [2.24, 2.45) is 4.99 Å². The Balaban J connectivity index is 1.56. The normalized spacial score (nSPS) is 18.9. The van der Waals surface area contributed by atoms with Gasteiger partial charge in [0, 0.05) is 31.4 Å². The van der Waals surface area contributed by atoms with E-state index in [4.69, 9.17) is 9.47 Å². The molecule has 0 saturated carbocycles. The molecule has 0 unspecified atom stereocenters. The van der Waals surface area contributed by atoms with Crippen LogP contribution in [0.25, 0.3) is 6.08 Å². The van der Waals surface area contributed by atoms with E-state index in [2.05, 4.69) is 16.5 Å². The Morgan fingerprint density at radius 1 is 1.24 bits per heavy atom. The first-order valence-corrected chi connectivity index (χ1v) is 11.5. The smallest absolute Gasteiger partial charge is 0.266 e. The van der Waals surface area contributed by atoms with Crippen molar-refractivity contribution in [3.05, 3.63) is 65.1 Å². The number of amides is 1. The molecule has 2 aliphatic heterocycles. The standard InChI is InChI=1S/C25H27N3O4S/c1-4-5-18-14-17(15-21(31-3)23(18)29)16-22-24(30)27(2)25(33-22)26-19-6-8-20(9-7-19)28-10-12-32-13-11-28/h4,6-9,14-16,29H,1,5,10-13H2,2-3H3/b22-16-,26-25?. The number of methoxy groups -OCH3 is 1. The first-order chi connectivity index (χ1) is 16.0. The van der Waals surface area contributed by atoms with Gasteiger partial charge in [-0.2, -0.15) is 0 Å². The number of allylic oxidation sites excluding steroid dienone is 1. The number of nitrogens with zero attached hydrogens (tertiary/aromatic N) is 3. The van der Waals surface area contributed by atoms with E-state index in [9.17, 15) is 9.90 Å². The fourth-order valence-corrected chi connectivity index (χ4v) is 4.70. The number of phenolic OH excluding ortho intramolecular Hbond substituents is 1. The summed E-state index contributed by atoms with van der Waals surface area (Å²) in [5.74, 6) is 0.324. The van der Waals surface area contributed by atoms with Crippen molar-refractivity contribution in [2.75, 3.05) is 45.4 Å². The molecule has 2 aromatic rings. The lowest BCUT2D eigenvalue weighted by Crippen LogP contribution is -2.36. The summed E-state index contributed by atoms with van der Waals surface area (Å²) >= 11 is 1.32. The van der Waals surface area contributed by atoms with Gasteiger partial charge in [0.1, 0.15) is 0 Å². The van der Waals surface area contributed by atoms with Gasteiger partial charge in [0.2, 0.25) is 0 Å². The molecule has 0 aromatic heterocycles. The lowest BCUT2D eigenvalue weighted by Gasteiger charge is -2.28. The highest BCUT2D eigenvalue weighted by Gasteiger charge is 2.30. The number of aromatic hydroxyl groups is 1. The first-order valence-electron chi connectivity index (χ1n) is 10.7. The van der Waals surface area contributed by atoms with Crippen LogP contribution in [-0.2, 0) is 16.0 Å². The molecular formula is C25H27N3O4S. The molecule has 2 aromatic carbocycles. The summed E-state index contributed by atoms with van der Waals surface area (Å²) in [6.07, 6.45) is 4.00. The molecule has 1 N–H and O–H groups in total. The minimum Gasteiger partial charge on any atom is -0.504 e. The Hall–Kier alpha value is -3.23. The summed E-state index contributed by atoms with van der Waals surface area (Å²) in [7, 11) is 3.22. The van der Waals surface area contributed by atoms with Gasteiger partial charge < -0.3 is 19.5 Å². The van der Waals surface area contributed by atoms with Gasteiger partial charge in [-0.3, -0.25) is 9.69 Å². The van der Waals surface area contributed by atoms with Crippen molar-refractivity contribution >= 4 is 40.3 Å². The first kappa shape index (κ1) is 22.9. The zero-order valence-electron chi connectivity index (χ0n) is 18.8. The van der Waals surface area contributed by atoms with Gasteiger partial charge in [0.05, 0.1) is 30.9 Å². The Morgan fingerprint density at radius 3 is 2.64 bits per heavy atom. The number of rotatable bonds is 6. The van der Waals surface area contributed by atoms with Gasteiger partial charge in [0.15, 0.2) is 16.7 Å². The van der Waals surface area contributed by atoms with E-state index in [0.717, 1.165) is 43.2 Å². The Labute approximate surface area is 198 Å². The fraction of sp³-hybridized carbons (Fsp3) is 0.280. The number of carbonyl (C=O) groups is 1. The van der Waals surface area contributed by atoms with E-state index in [1.165, 1.54) is 18.9 Å². The van der Waals surface area contributed by atoms with Gasteiger partial charge in [-0.1, -0.05) is 6.08 Å². The van der Waals surface area contributed by atoms with Gasteiger partial charge in [-0.05, 0) is 66.2 Å². The van der Waals surface area contributed by atoms with Gasteiger partial charge >= 0.3 is 0 Å². The average molecular weight is 466 g/mol. The van der Waals surface area contributed by atoms with E-state index < -0.39 is 0 Å². The zero-order valence-corrected chi connectivity index (χ0v) is 19.6. The summed E-state index contributed by atoms with van der Waals surface area (Å²) in [6, 6.07) is 11.6. The Bertz CT molecular complexity index is 1110. The van der Waals surface area contributed by atoms with Gasteiger partial charge in [0.25, 0.3) is 5.91 Å². The molecular weight excluding hydrogens is 438 g/mol. The predicted octanol–water partition coefficient (Wildman–Crippen LogP) is 4.20. The van der Waals surface area contributed by atoms with Crippen molar-refractivity contribution in [1.82, 2.24) is 4.90 Å². The van der Waals surface area contributed by atoms with Crippen LogP contribution in [0.4, 0.5) is 11.4 Å². The van der Waals surface area contributed by atoms with Gasteiger partial charge in [-0.25, -0.2) is 4.99 Å². The molecule has 2 saturated heterocycles. The van der Waals surface area contributed by atoms with Crippen LogP contribution in [0.5, 0.6) is 11.5 Å². The van der Waals surface area contributed by atoms with Crippen LogP contribution in [0, 0.1) is 0 Å². The number of aliphatic imine (C=N–C) groups is 1. The van der Waals surface area contributed by atoms with Crippen molar-refractivity contribution in [3.63, 3.8) is 0 Å². The lowest BCUT2D eigenvalue weighted by molar-refractivity contribution is -0.121. The van der Waals surface area contributed by atoms with Crippen LogP contribution in [0.15, 0.2) is 59.0 Å². The lowest BCUT2D eigenvalue weighted by atomic mass is 10.1. The third kappa shape index (κ3) is 5.07. The van der Waals surface area contributed by atoms with E-state index in [1.54, 1.807) is 30.2 Å². The molecule has 7 nitrogen and oxygen atoms in total. The molecule has 0 bridgehead atoms. The molecule has 8 heteroatoms. The average Bonchev–Trinajstić information content (AvgIpc) is 3.09. The fourth-order valence-electron chi connectivity index (χ4n) is 3.71. The van der Waals surface area contributed by atoms with Crippen LogP contribution in [0.3, 0.4) is 0 Å². The second-order valence-electron chi connectivity index (χ2n) is 7.71. The molecule has 33 heavy (non-hydrogen) atoms. The Kier molecular flexibility index (Phi) is 7.05. The van der Waals surface area contributed by atoms with Crippen LogP contribution in [-0.4, -0.2) is 61.5 Å². The van der Waals surface area contributed by atoms with E-state index in [-0.39, 0.29) is 11.7 Å². The molecule has 2 heterocycles. The largest absolute Gasteiger partial charge is 0.504 e. The second kappa shape index (κ2) is 10.1. The maximum Gasteiger partial charge on any atom is 0.266 e. The number of hydrogen-bond acceptors (Lipinski definition) is 7. The molecule has 1 amide bonds. The van der Waals surface area contributed by atoms with Crippen molar-refractivity contribution in [3.8, 4) is 11.5 Å². The third-order valence-corrected chi connectivity index (χ3v) is 6.57. The minimum absolute atomic E-state index is 0.0878. The molecule has 2 fully saturated rings. The van der Waals surface area contributed by atoms with E-state index in [0.29, 0.717) is 27.8 Å². The summed E-state index contributed by atoms with van der Waals surface area (Å²) in [5.41, 5.74) is 3.38. The van der Waals surface area contributed by atoms with Crippen LogP contribution in [0.1, 0.15) is 11.1 Å². The van der Waals surface area contributed by atoms with Crippen molar-refractivity contribution in [1.29, 1.82) is 0 Å². The number of likely N-dealkylation sites (N-methyl/N-ethyl adjacent to an activating group) is 1. The molecule has 0 atom stereocenters. The summed E-state index contributed by atoms with van der Waals surface area (Å²) in [4.78, 5) is 21.9. The number of benzene rings is 2. The molecule has 2 aliphatic rings. The van der Waals surface area contributed by atoms with Crippen LogP contribution >= 0.6 is 11.8 Å². The number of anilines is 1. The summed E-state index contributed by atoms with van der Waals surface area (Å²) < 4.78 is 10.7. The number of thioether (sulfide) groups is 1. The molecule has 0 radical (unpaired) electrons. The number of hydrogen-bond donors (Lipinski definition) is 1. The molecule has 0 spiro atoms. The Morgan fingerprint density at radius 2 is 1.97 bits per heavy atom. The second-order valence-corrected chi connectivity index (χ2v) is 8.72. The number of morpholine rings is 1. The summed E-state index contributed by atoms with van der Waals surface area (Å²) in [5, 5.41) is 10.9. The highest BCUT2D eigenvalue weighted by molar-refractivity contribution is 8.18. The predicted molar refractivity (Wildman–Crippen MR) is 133 cm³/mol. The van der Waals surface area contributed by atoms with E-state index in [1.807, 2.05) is 30.3 Å². The van der Waals surface area contributed by atoms with E-state index >= 15 is 0 Å². The monoisotopic (exact) mass is 465 g/mol. The van der Waals surface area contributed by atoms with Crippen LogP contribution in [0.2, 0.25) is 0 Å². The highest BCUT2D eigenvalue weighted by atomic mass is 32.2. The number of ether oxygens (including phenoxy) is 2. The number of amidine groups is 1. The van der Waals surface area contributed by atoms with Gasteiger partial charge in [-0.15, -0.1) is 6.58 Å². The maximum absolute atomic E-state index is 12.8. The zero-order chi connectivity index (χ0) is 23.4. The van der Waals surface area contributed by atoms with Crippen LogP contribution < -0.4 is 9.64 Å². The third-order valence-electron chi connectivity index (χ3n) is 5.51. The number of carbonyl (C=O) groups excluding carboxylic acids is 1. The molecule has 172 valence electrons. The highest BCUT2D eigenvalue weighted by Crippen LogP contribution is 2.37. The van der Waals surface area contributed by atoms with Crippen molar-refractivity contribution in [2.45, 2.75) is 6.42 Å². The number of phenols is 1. The quantitative estimate of drug-likeness (QED) is 0.509. The maximum atomic E-state index is 12.8. The minimum atomic E-state index is -0.124. The molecule has 0 aliphatic carbocycles.